The molecule has 6 nitrogen and oxygen atoms in total. The van der Waals surface area contributed by atoms with Gasteiger partial charge in [-0.1, -0.05) is 19.1 Å². The van der Waals surface area contributed by atoms with Gasteiger partial charge in [0.25, 0.3) is 0 Å². The Labute approximate surface area is 148 Å². The topological polar surface area (TPSA) is 84.1 Å². The van der Waals surface area contributed by atoms with E-state index >= 15 is 0 Å². The van der Waals surface area contributed by atoms with Gasteiger partial charge in [-0.15, -0.1) is 0 Å². The molecular formula is C19H25N5O. The molecule has 3 N–H and O–H groups in total. The lowest BCUT2D eigenvalue weighted by molar-refractivity contribution is 0.101. The van der Waals surface area contributed by atoms with Crippen molar-refractivity contribution in [3.63, 3.8) is 0 Å². The van der Waals surface area contributed by atoms with Crippen molar-refractivity contribution in [3.05, 3.63) is 36.2 Å². The summed E-state index contributed by atoms with van der Waals surface area (Å²) >= 11 is 0. The molecule has 1 atom stereocenters. The fourth-order valence-electron chi connectivity index (χ4n) is 3.37. The number of carbonyl (C=O) groups excluding carboxylic acids is 1. The Morgan fingerprint density at radius 1 is 1.36 bits per heavy atom. The molecule has 0 aliphatic carbocycles. The Morgan fingerprint density at radius 2 is 2.20 bits per heavy atom. The lowest BCUT2D eigenvalue weighted by Crippen LogP contribution is -2.40. The van der Waals surface area contributed by atoms with Crippen molar-refractivity contribution in [3.8, 4) is 0 Å². The summed E-state index contributed by atoms with van der Waals surface area (Å²) in [5.74, 6) is 1.40. The first-order chi connectivity index (χ1) is 12.1. The number of aromatic nitrogens is 2. The Bertz CT molecular complexity index is 761. The minimum absolute atomic E-state index is 0.0269. The number of Topliss-reactive ketones (excluding diaryl/α,β-unsaturated/α-hetero) is 1. The van der Waals surface area contributed by atoms with Crippen LogP contribution in [0.25, 0.3) is 0 Å². The average molecular weight is 339 g/mol. The van der Waals surface area contributed by atoms with Crippen LogP contribution in [-0.2, 0) is 0 Å². The van der Waals surface area contributed by atoms with Crippen molar-refractivity contribution in [1.82, 2.24) is 9.97 Å². The number of ketones is 1. The highest BCUT2D eigenvalue weighted by atomic mass is 16.1. The molecule has 1 unspecified atom stereocenters. The van der Waals surface area contributed by atoms with Crippen molar-refractivity contribution in [2.75, 3.05) is 22.5 Å². The van der Waals surface area contributed by atoms with Crippen molar-refractivity contribution < 1.29 is 4.79 Å². The number of hydrogen-bond donors (Lipinski definition) is 2. The molecular weight excluding hydrogens is 314 g/mol. The van der Waals surface area contributed by atoms with Gasteiger partial charge in [-0.3, -0.25) is 4.79 Å². The molecule has 1 aromatic carbocycles. The summed E-state index contributed by atoms with van der Waals surface area (Å²) in [7, 11) is 0. The van der Waals surface area contributed by atoms with Gasteiger partial charge >= 0.3 is 0 Å². The van der Waals surface area contributed by atoms with E-state index in [9.17, 15) is 4.79 Å². The number of nitrogens with two attached hydrogens (primary N) is 1. The fraction of sp³-hybridized carbons (Fsp3) is 0.421. The monoisotopic (exact) mass is 339 g/mol. The zero-order chi connectivity index (χ0) is 17.8. The molecule has 0 saturated carbocycles. The highest BCUT2D eigenvalue weighted by molar-refractivity contribution is 5.95. The number of anilines is 4. The zero-order valence-corrected chi connectivity index (χ0v) is 14.8. The summed E-state index contributed by atoms with van der Waals surface area (Å²) in [6.45, 7) is 4.73. The van der Waals surface area contributed by atoms with Crippen molar-refractivity contribution >= 4 is 28.8 Å². The molecule has 0 spiro atoms. The molecule has 1 aromatic heterocycles. The van der Waals surface area contributed by atoms with Gasteiger partial charge < -0.3 is 16.0 Å². The lowest BCUT2D eigenvalue weighted by atomic mass is 10.00. The maximum absolute atomic E-state index is 11.6. The van der Waals surface area contributed by atoms with Crippen LogP contribution in [0.5, 0.6) is 0 Å². The van der Waals surface area contributed by atoms with E-state index in [0.717, 1.165) is 30.9 Å². The molecule has 0 radical (unpaired) electrons. The van der Waals surface area contributed by atoms with Gasteiger partial charge in [-0.25, -0.2) is 9.97 Å². The molecule has 132 valence electrons. The van der Waals surface area contributed by atoms with E-state index in [-0.39, 0.29) is 5.78 Å². The Hall–Kier alpha value is -2.63. The number of nitrogens with zero attached hydrogens (tertiary/aromatic N) is 3. The molecule has 0 amide bonds. The van der Waals surface area contributed by atoms with Crippen LogP contribution in [-0.4, -0.2) is 28.3 Å². The smallest absolute Gasteiger partial charge is 0.159 e. The van der Waals surface area contributed by atoms with E-state index in [1.54, 1.807) is 25.4 Å². The van der Waals surface area contributed by atoms with E-state index in [4.69, 9.17) is 5.73 Å². The molecule has 1 fully saturated rings. The predicted molar refractivity (Wildman–Crippen MR) is 101 cm³/mol. The first kappa shape index (κ1) is 17.2. The van der Waals surface area contributed by atoms with Gasteiger partial charge in [0.1, 0.15) is 12.0 Å². The number of benzene rings is 1. The maximum atomic E-state index is 11.6. The third-order valence-corrected chi connectivity index (χ3v) is 4.77. The molecule has 3 rings (SSSR count). The highest BCUT2D eigenvalue weighted by Gasteiger charge is 2.25. The largest absolute Gasteiger partial charge is 0.393 e. The van der Waals surface area contributed by atoms with E-state index in [1.807, 2.05) is 12.1 Å². The molecule has 1 aliphatic heterocycles. The quantitative estimate of drug-likeness (QED) is 0.807. The third kappa shape index (κ3) is 3.73. The van der Waals surface area contributed by atoms with Crippen LogP contribution in [0.4, 0.5) is 23.0 Å². The van der Waals surface area contributed by atoms with E-state index in [1.165, 1.54) is 12.8 Å². The van der Waals surface area contributed by atoms with Crippen molar-refractivity contribution in [2.45, 2.75) is 45.6 Å². The van der Waals surface area contributed by atoms with Gasteiger partial charge in [-0.2, -0.15) is 0 Å². The van der Waals surface area contributed by atoms with Crippen molar-refractivity contribution in [1.29, 1.82) is 0 Å². The number of piperidine rings is 1. The second-order valence-electron chi connectivity index (χ2n) is 6.47. The summed E-state index contributed by atoms with van der Waals surface area (Å²) in [5.41, 5.74) is 8.37. The van der Waals surface area contributed by atoms with Gasteiger partial charge in [-0.05, 0) is 44.7 Å². The minimum Gasteiger partial charge on any atom is -0.393 e. The van der Waals surface area contributed by atoms with Crippen LogP contribution in [0.15, 0.2) is 30.6 Å². The molecule has 0 bridgehead atoms. The summed E-state index contributed by atoms with van der Waals surface area (Å²) < 4.78 is 0. The highest BCUT2D eigenvalue weighted by Crippen LogP contribution is 2.33. The molecule has 1 aliphatic rings. The van der Waals surface area contributed by atoms with Gasteiger partial charge in [0.05, 0.1) is 0 Å². The first-order valence-electron chi connectivity index (χ1n) is 8.85. The molecule has 1 saturated heterocycles. The third-order valence-electron chi connectivity index (χ3n) is 4.77. The van der Waals surface area contributed by atoms with E-state index < -0.39 is 0 Å². The fourth-order valence-corrected chi connectivity index (χ4v) is 3.37. The number of nitrogen functional groups attached to an aromatic ring is 1. The second kappa shape index (κ2) is 7.51. The normalized spacial score (nSPS) is 17.4. The lowest BCUT2D eigenvalue weighted by Gasteiger charge is -2.36. The standard InChI is InChI=1S/C19H25N5O/c1-3-16-9-4-5-10-24(16)19-17(20)18(21-12-22-19)23-15-8-6-7-14(11-15)13(2)25/h6-8,11-12,16H,3-5,9-10,20H2,1-2H3,(H,21,22,23). The van der Waals surface area contributed by atoms with Gasteiger partial charge in [0, 0.05) is 23.8 Å². The SMILES string of the molecule is CCC1CCCCN1c1ncnc(Nc2cccc(C(C)=O)c2)c1N. The van der Waals surface area contributed by atoms with Gasteiger partial charge in [0.2, 0.25) is 0 Å². The number of rotatable bonds is 5. The summed E-state index contributed by atoms with van der Waals surface area (Å²) in [4.78, 5) is 22.6. The van der Waals surface area contributed by atoms with Crippen LogP contribution >= 0.6 is 0 Å². The number of hydrogen-bond acceptors (Lipinski definition) is 6. The molecule has 2 heterocycles. The van der Waals surface area contributed by atoms with Crippen LogP contribution < -0.4 is 16.0 Å². The van der Waals surface area contributed by atoms with Crippen LogP contribution in [0.3, 0.4) is 0 Å². The second-order valence-corrected chi connectivity index (χ2v) is 6.47. The molecule has 25 heavy (non-hydrogen) atoms. The Balaban J connectivity index is 1.88. The minimum atomic E-state index is 0.0269. The number of carbonyl (C=O) groups is 1. The Kier molecular flexibility index (Phi) is 5.16. The van der Waals surface area contributed by atoms with Crippen LogP contribution in [0, 0.1) is 0 Å². The molecule has 6 heteroatoms. The Morgan fingerprint density at radius 3 is 2.96 bits per heavy atom. The van der Waals surface area contributed by atoms with Crippen LogP contribution in [0.2, 0.25) is 0 Å². The summed E-state index contributed by atoms with van der Waals surface area (Å²) in [6, 6.07) is 7.81. The summed E-state index contributed by atoms with van der Waals surface area (Å²) in [5, 5.41) is 3.22. The first-order valence-corrected chi connectivity index (χ1v) is 8.85. The van der Waals surface area contributed by atoms with Gasteiger partial charge in [0.15, 0.2) is 17.4 Å². The maximum Gasteiger partial charge on any atom is 0.159 e. The van der Waals surface area contributed by atoms with E-state index in [0.29, 0.717) is 23.1 Å². The molecule has 2 aromatic rings. The van der Waals surface area contributed by atoms with Crippen LogP contribution in [0.1, 0.15) is 49.9 Å². The summed E-state index contributed by atoms with van der Waals surface area (Å²) in [6.07, 6.45) is 6.20. The van der Waals surface area contributed by atoms with Crippen molar-refractivity contribution in [2.24, 2.45) is 0 Å². The number of nitrogens with one attached hydrogen (secondary N) is 1. The predicted octanol–water partition coefficient (Wildman–Crippen LogP) is 3.77. The van der Waals surface area contributed by atoms with E-state index in [2.05, 4.69) is 27.1 Å². The zero-order valence-electron chi connectivity index (χ0n) is 14.8. The average Bonchev–Trinajstić information content (AvgIpc) is 2.64.